The summed E-state index contributed by atoms with van der Waals surface area (Å²) in [5, 5.41) is 5.29. The first kappa shape index (κ1) is 20.1. The molecule has 4 rings (SSSR count). The molecule has 1 atom stereocenters. The number of hydrogen-bond donors (Lipinski definition) is 2. The van der Waals surface area contributed by atoms with Crippen LogP contribution in [0.15, 0.2) is 18.2 Å². The molecule has 1 aromatic rings. The highest BCUT2D eigenvalue weighted by Gasteiger charge is 2.41. The molecular formula is C22H29F2N3O2. The molecule has 3 aliphatic rings. The van der Waals surface area contributed by atoms with Crippen LogP contribution >= 0.6 is 0 Å². The minimum absolute atomic E-state index is 0.0792. The van der Waals surface area contributed by atoms with Crippen molar-refractivity contribution in [1.82, 2.24) is 5.32 Å². The third-order valence-corrected chi connectivity index (χ3v) is 6.78. The molecule has 7 heteroatoms. The Morgan fingerprint density at radius 3 is 2.45 bits per heavy atom. The first-order valence-corrected chi connectivity index (χ1v) is 10.8. The van der Waals surface area contributed by atoms with Gasteiger partial charge in [0.2, 0.25) is 11.8 Å². The van der Waals surface area contributed by atoms with Crippen LogP contribution in [0.3, 0.4) is 0 Å². The second-order valence-corrected chi connectivity index (χ2v) is 8.67. The fourth-order valence-electron chi connectivity index (χ4n) is 5.07. The lowest BCUT2D eigenvalue weighted by molar-refractivity contribution is -0.133. The van der Waals surface area contributed by atoms with Gasteiger partial charge in [0.05, 0.1) is 5.69 Å². The topological polar surface area (TPSA) is 61.4 Å². The smallest absolute Gasteiger partial charge is 0.249 e. The molecular weight excluding hydrogens is 376 g/mol. The quantitative estimate of drug-likeness (QED) is 0.745. The van der Waals surface area contributed by atoms with E-state index < -0.39 is 11.7 Å². The largest absolute Gasteiger partial charge is 0.374 e. The maximum Gasteiger partial charge on any atom is 0.249 e. The first-order chi connectivity index (χ1) is 13.9. The van der Waals surface area contributed by atoms with Gasteiger partial charge in [-0.3, -0.25) is 14.9 Å². The van der Waals surface area contributed by atoms with Crippen molar-refractivity contribution in [3.63, 3.8) is 0 Å². The first-order valence-electron chi connectivity index (χ1n) is 10.8. The van der Waals surface area contributed by atoms with Crippen molar-refractivity contribution in [2.45, 2.75) is 69.5 Å². The molecule has 1 aromatic carbocycles. The van der Waals surface area contributed by atoms with Crippen LogP contribution in [0.2, 0.25) is 0 Å². The van der Waals surface area contributed by atoms with Gasteiger partial charge in [0.25, 0.3) is 0 Å². The number of rotatable bonds is 4. The van der Waals surface area contributed by atoms with Crippen LogP contribution in [0.1, 0.15) is 57.8 Å². The Labute approximate surface area is 170 Å². The molecule has 5 nitrogen and oxygen atoms in total. The van der Waals surface area contributed by atoms with Gasteiger partial charge in [-0.2, -0.15) is 0 Å². The molecule has 2 aliphatic heterocycles. The molecule has 2 N–H and O–H groups in total. The molecule has 1 unspecified atom stereocenters. The molecule has 0 aromatic heterocycles. The number of imide groups is 1. The van der Waals surface area contributed by atoms with Crippen LogP contribution in [0.4, 0.5) is 20.2 Å². The molecule has 2 heterocycles. The molecule has 158 valence electrons. The Morgan fingerprint density at radius 2 is 1.79 bits per heavy atom. The molecule has 3 fully saturated rings. The number of benzene rings is 1. The van der Waals surface area contributed by atoms with Crippen LogP contribution in [-0.2, 0) is 9.59 Å². The second kappa shape index (κ2) is 8.28. The number of alkyl halides is 1. The molecule has 0 radical (unpaired) electrons. The molecule has 1 aliphatic carbocycles. The van der Waals surface area contributed by atoms with E-state index in [4.69, 9.17) is 0 Å². The number of nitrogens with zero attached hydrogens (tertiary/aromatic N) is 1. The van der Waals surface area contributed by atoms with Crippen molar-refractivity contribution >= 4 is 23.2 Å². The maximum atomic E-state index is 15.2. The lowest BCUT2D eigenvalue weighted by Crippen LogP contribution is -2.47. The van der Waals surface area contributed by atoms with E-state index in [2.05, 4.69) is 10.6 Å². The average molecular weight is 405 g/mol. The standard InChI is InChI=1S/C22H29F2N3O2/c23-17-14-16(25-18-5-7-20(28)26-21(18)29)4-6-19(17)27-12-8-15(9-13-27)22(24)10-2-1-3-11-22/h4,6,14-15,18,25H,1-3,5,7-13H2,(H,26,28,29). The molecule has 1 saturated carbocycles. The number of hydrogen-bond acceptors (Lipinski definition) is 4. The summed E-state index contributed by atoms with van der Waals surface area (Å²) in [7, 11) is 0. The predicted octanol–water partition coefficient (Wildman–Crippen LogP) is 3.93. The zero-order chi connectivity index (χ0) is 20.4. The van der Waals surface area contributed by atoms with Crippen LogP contribution in [0.5, 0.6) is 0 Å². The van der Waals surface area contributed by atoms with Gasteiger partial charge in [-0.1, -0.05) is 19.3 Å². The number of nitrogens with one attached hydrogen (secondary N) is 2. The van der Waals surface area contributed by atoms with Crippen molar-refractivity contribution < 1.29 is 18.4 Å². The molecule has 2 amide bonds. The van der Waals surface area contributed by atoms with Gasteiger partial charge < -0.3 is 10.2 Å². The fourth-order valence-corrected chi connectivity index (χ4v) is 5.07. The number of halogens is 2. The molecule has 2 saturated heterocycles. The van der Waals surface area contributed by atoms with E-state index in [1.54, 1.807) is 12.1 Å². The van der Waals surface area contributed by atoms with Crippen molar-refractivity contribution in [2.75, 3.05) is 23.3 Å². The van der Waals surface area contributed by atoms with Crippen molar-refractivity contribution in [1.29, 1.82) is 0 Å². The number of amides is 2. The zero-order valence-corrected chi connectivity index (χ0v) is 16.7. The van der Waals surface area contributed by atoms with Gasteiger partial charge in [-0.05, 0) is 56.2 Å². The fraction of sp³-hybridized carbons (Fsp3) is 0.636. The van der Waals surface area contributed by atoms with Gasteiger partial charge in [0, 0.05) is 25.2 Å². The summed E-state index contributed by atoms with van der Waals surface area (Å²) in [6, 6.07) is 4.33. The minimum Gasteiger partial charge on any atom is -0.374 e. The number of carbonyl (C=O) groups is 2. The van der Waals surface area contributed by atoms with E-state index in [0.29, 0.717) is 43.7 Å². The Balaban J connectivity index is 1.36. The summed E-state index contributed by atoms with van der Waals surface area (Å²) in [4.78, 5) is 25.1. The maximum absolute atomic E-state index is 15.2. The summed E-state index contributed by atoms with van der Waals surface area (Å²) >= 11 is 0. The van der Waals surface area contributed by atoms with Crippen molar-refractivity contribution in [3.8, 4) is 0 Å². The second-order valence-electron chi connectivity index (χ2n) is 8.67. The van der Waals surface area contributed by atoms with Crippen LogP contribution < -0.4 is 15.5 Å². The third-order valence-electron chi connectivity index (χ3n) is 6.78. The number of piperidine rings is 2. The third kappa shape index (κ3) is 4.38. The summed E-state index contributed by atoms with van der Waals surface area (Å²) in [5.41, 5.74) is 0.00731. The van der Waals surface area contributed by atoms with Crippen LogP contribution in [0, 0.1) is 11.7 Å². The van der Waals surface area contributed by atoms with Crippen LogP contribution in [-0.4, -0.2) is 36.6 Å². The highest BCUT2D eigenvalue weighted by molar-refractivity contribution is 6.01. The Morgan fingerprint density at radius 1 is 1.07 bits per heavy atom. The van der Waals surface area contributed by atoms with Gasteiger partial charge in [0.15, 0.2) is 0 Å². The van der Waals surface area contributed by atoms with Crippen molar-refractivity contribution in [2.24, 2.45) is 5.92 Å². The van der Waals surface area contributed by atoms with Gasteiger partial charge in [-0.25, -0.2) is 8.78 Å². The number of carbonyl (C=O) groups excluding carboxylic acids is 2. The van der Waals surface area contributed by atoms with E-state index in [0.717, 1.165) is 32.1 Å². The monoisotopic (exact) mass is 405 g/mol. The number of anilines is 2. The van der Waals surface area contributed by atoms with E-state index in [-0.39, 0.29) is 30.0 Å². The van der Waals surface area contributed by atoms with E-state index in [1.165, 1.54) is 6.07 Å². The summed E-state index contributed by atoms with van der Waals surface area (Å²) in [6.45, 7) is 1.32. The highest BCUT2D eigenvalue weighted by Crippen LogP contribution is 2.43. The van der Waals surface area contributed by atoms with E-state index in [1.807, 2.05) is 4.90 Å². The molecule has 0 spiro atoms. The normalized spacial score (nSPS) is 25.6. The lowest BCUT2D eigenvalue weighted by atomic mass is 9.73. The lowest BCUT2D eigenvalue weighted by Gasteiger charge is -2.42. The van der Waals surface area contributed by atoms with Crippen molar-refractivity contribution in [3.05, 3.63) is 24.0 Å². The van der Waals surface area contributed by atoms with Gasteiger partial charge in [0.1, 0.15) is 17.5 Å². The molecule has 0 bridgehead atoms. The Hall–Kier alpha value is -2.18. The van der Waals surface area contributed by atoms with E-state index >= 15 is 4.39 Å². The average Bonchev–Trinajstić information content (AvgIpc) is 2.71. The minimum atomic E-state index is -1.03. The molecule has 29 heavy (non-hydrogen) atoms. The summed E-state index contributed by atoms with van der Waals surface area (Å²) < 4.78 is 30.0. The zero-order valence-electron chi connectivity index (χ0n) is 16.7. The highest BCUT2D eigenvalue weighted by atomic mass is 19.1. The summed E-state index contributed by atoms with van der Waals surface area (Å²) in [5.74, 6) is -0.930. The predicted molar refractivity (Wildman–Crippen MR) is 108 cm³/mol. The van der Waals surface area contributed by atoms with Gasteiger partial charge in [-0.15, -0.1) is 0 Å². The van der Waals surface area contributed by atoms with Crippen LogP contribution in [0.25, 0.3) is 0 Å². The Bertz CT molecular complexity index is 771. The van der Waals surface area contributed by atoms with Gasteiger partial charge >= 0.3 is 0 Å². The SMILES string of the molecule is O=C1CCC(Nc2ccc(N3CCC(C4(F)CCCCC4)CC3)c(F)c2)C(=O)N1. The Kier molecular flexibility index (Phi) is 5.74. The van der Waals surface area contributed by atoms with E-state index in [9.17, 15) is 14.0 Å². The summed E-state index contributed by atoms with van der Waals surface area (Å²) in [6.07, 6.45) is 6.62.